The number of aromatic nitrogens is 1. The van der Waals surface area contributed by atoms with Crippen molar-refractivity contribution in [1.29, 1.82) is 0 Å². The number of allylic oxidation sites excluding steroid dienone is 1. The Morgan fingerprint density at radius 3 is 2.17 bits per heavy atom. The molecule has 0 saturated carbocycles. The van der Waals surface area contributed by atoms with E-state index in [4.69, 9.17) is 11.5 Å². The fourth-order valence-corrected chi connectivity index (χ4v) is 2.97. The SMILES string of the molecule is C/C=C(\N=C(N)N)c1ccc2nc(C(F)(F)F)cc(-c3c(F)cc(F)cc3F)c2c1. The van der Waals surface area contributed by atoms with E-state index in [1.165, 1.54) is 24.3 Å². The molecule has 0 bridgehead atoms. The van der Waals surface area contributed by atoms with Gasteiger partial charge < -0.3 is 11.5 Å². The fraction of sp³-hybridized carbons (Fsp3) is 0.100. The van der Waals surface area contributed by atoms with Gasteiger partial charge >= 0.3 is 6.18 Å². The summed E-state index contributed by atoms with van der Waals surface area (Å²) in [6.07, 6.45) is -3.33. The van der Waals surface area contributed by atoms with E-state index in [9.17, 15) is 26.3 Å². The van der Waals surface area contributed by atoms with Crippen molar-refractivity contribution in [1.82, 2.24) is 4.98 Å². The van der Waals surface area contributed by atoms with Gasteiger partial charge in [-0.25, -0.2) is 23.1 Å². The highest BCUT2D eigenvalue weighted by Gasteiger charge is 2.34. The Kier molecular flexibility index (Phi) is 5.43. The van der Waals surface area contributed by atoms with Gasteiger partial charge in [0.05, 0.1) is 16.8 Å². The van der Waals surface area contributed by atoms with Gasteiger partial charge in [-0.1, -0.05) is 12.1 Å². The highest BCUT2D eigenvalue weighted by Crippen LogP contribution is 2.38. The van der Waals surface area contributed by atoms with Crippen LogP contribution < -0.4 is 11.5 Å². The quantitative estimate of drug-likeness (QED) is 0.354. The van der Waals surface area contributed by atoms with Crippen LogP contribution in [0.4, 0.5) is 26.3 Å². The summed E-state index contributed by atoms with van der Waals surface area (Å²) in [5, 5.41) is -0.00458. The van der Waals surface area contributed by atoms with Crippen molar-refractivity contribution in [3.63, 3.8) is 0 Å². The Labute approximate surface area is 166 Å². The third-order valence-corrected chi connectivity index (χ3v) is 4.19. The van der Waals surface area contributed by atoms with E-state index in [0.717, 1.165) is 0 Å². The monoisotopic (exact) mass is 424 g/mol. The Morgan fingerprint density at radius 1 is 1.00 bits per heavy atom. The lowest BCUT2D eigenvalue weighted by atomic mass is 9.96. The topological polar surface area (TPSA) is 77.3 Å². The minimum atomic E-state index is -4.87. The largest absolute Gasteiger partial charge is 0.433 e. The number of fused-ring (bicyclic) bond motifs is 1. The van der Waals surface area contributed by atoms with E-state index in [-0.39, 0.29) is 22.6 Å². The van der Waals surface area contributed by atoms with Crippen LogP contribution >= 0.6 is 0 Å². The van der Waals surface area contributed by atoms with Crippen molar-refractivity contribution >= 4 is 22.6 Å². The second-order valence-corrected chi connectivity index (χ2v) is 6.24. The summed E-state index contributed by atoms with van der Waals surface area (Å²) in [6, 6.07) is 5.30. The predicted octanol–water partition coefficient (Wildman–Crippen LogP) is 4.97. The molecule has 0 amide bonds. The van der Waals surface area contributed by atoms with Crippen molar-refractivity contribution in [2.24, 2.45) is 16.5 Å². The second kappa shape index (κ2) is 7.69. The molecule has 0 atom stereocenters. The second-order valence-electron chi connectivity index (χ2n) is 6.24. The van der Waals surface area contributed by atoms with Crippen LogP contribution in [0.3, 0.4) is 0 Å². The van der Waals surface area contributed by atoms with Crippen LogP contribution in [0.5, 0.6) is 0 Å². The Morgan fingerprint density at radius 2 is 1.63 bits per heavy atom. The van der Waals surface area contributed by atoms with E-state index in [1.54, 1.807) is 6.92 Å². The predicted molar refractivity (Wildman–Crippen MR) is 102 cm³/mol. The Bertz CT molecular complexity index is 1170. The maximum Gasteiger partial charge on any atom is 0.433 e. The van der Waals surface area contributed by atoms with Gasteiger partial charge in [-0.2, -0.15) is 13.2 Å². The van der Waals surface area contributed by atoms with Crippen molar-refractivity contribution < 1.29 is 26.3 Å². The van der Waals surface area contributed by atoms with Crippen LogP contribution in [0.25, 0.3) is 27.7 Å². The highest BCUT2D eigenvalue weighted by atomic mass is 19.4. The smallest absolute Gasteiger partial charge is 0.370 e. The number of hydrogen-bond donors (Lipinski definition) is 2. The molecule has 0 radical (unpaired) electrons. The molecule has 1 aromatic heterocycles. The Balaban J connectivity index is 2.41. The van der Waals surface area contributed by atoms with Crippen molar-refractivity contribution in [3.8, 4) is 11.1 Å². The number of alkyl halides is 3. The molecule has 0 aliphatic carbocycles. The van der Waals surface area contributed by atoms with E-state index in [2.05, 4.69) is 9.98 Å². The number of rotatable bonds is 3. The van der Waals surface area contributed by atoms with Gasteiger partial charge in [0.15, 0.2) is 5.96 Å². The molecule has 0 saturated heterocycles. The molecule has 0 spiro atoms. The van der Waals surface area contributed by atoms with Crippen LogP contribution in [0.2, 0.25) is 0 Å². The van der Waals surface area contributed by atoms with Crippen LogP contribution in [0.15, 0.2) is 47.5 Å². The lowest BCUT2D eigenvalue weighted by molar-refractivity contribution is -0.140. The fourth-order valence-electron chi connectivity index (χ4n) is 2.97. The van der Waals surface area contributed by atoms with Crippen molar-refractivity contribution in [3.05, 3.63) is 71.2 Å². The summed E-state index contributed by atoms with van der Waals surface area (Å²) in [6.45, 7) is 1.62. The molecule has 0 aliphatic rings. The standard InChI is InChI=1S/C20H14F6N4/c1-2-15(30-19(27)28)9-3-4-16-11(5-9)12(8-17(29-16)20(24,25)26)18-13(22)6-10(21)7-14(18)23/h2-8H,1H3,(H4,27,28,30)/b15-2-. The number of hydrogen-bond acceptors (Lipinski definition) is 2. The molecule has 30 heavy (non-hydrogen) atoms. The molecular formula is C20H14F6N4. The molecule has 10 heteroatoms. The summed E-state index contributed by atoms with van der Waals surface area (Å²) in [4.78, 5) is 7.46. The number of nitrogens with two attached hydrogens (primary N) is 2. The molecule has 156 valence electrons. The maximum absolute atomic E-state index is 14.4. The molecule has 2 aromatic carbocycles. The number of halogens is 6. The van der Waals surface area contributed by atoms with Gasteiger partial charge in [0.25, 0.3) is 0 Å². The molecule has 0 fully saturated rings. The zero-order chi connectivity index (χ0) is 22.2. The first-order valence-electron chi connectivity index (χ1n) is 8.44. The van der Waals surface area contributed by atoms with Crippen LogP contribution in [-0.2, 0) is 6.18 Å². The average Bonchev–Trinajstić information content (AvgIpc) is 2.63. The molecule has 4 N–H and O–H groups in total. The van der Waals surface area contributed by atoms with Gasteiger partial charge in [0.1, 0.15) is 23.1 Å². The van der Waals surface area contributed by atoms with Crippen LogP contribution in [0.1, 0.15) is 18.2 Å². The van der Waals surface area contributed by atoms with Gasteiger partial charge in [-0.05, 0) is 30.7 Å². The minimum Gasteiger partial charge on any atom is -0.370 e. The maximum atomic E-state index is 14.4. The van der Waals surface area contributed by atoms with Crippen molar-refractivity contribution in [2.45, 2.75) is 13.1 Å². The first-order chi connectivity index (χ1) is 14.0. The molecular weight excluding hydrogens is 410 g/mol. The third kappa shape index (κ3) is 4.07. The average molecular weight is 424 g/mol. The zero-order valence-electron chi connectivity index (χ0n) is 15.4. The normalized spacial score (nSPS) is 12.3. The summed E-state index contributed by atoms with van der Waals surface area (Å²) in [5.74, 6) is -4.17. The molecule has 0 unspecified atom stereocenters. The first-order valence-corrected chi connectivity index (χ1v) is 8.44. The number of nitrogens with zero attached hydrogens (tertiary/aromatic N) is 2. The number of pyridine rings is 1. The molecule has 4 nitrogen and oxygen atoms in total. The number of guanidine groups is 1. The van der Waals surface area contributed by atoms with Crippen molar-refractivity contribution in [2.75, 3.05) is 0 Å². The summed E-state index contributed by atoms with van der Waals surface area (Å²) < 4.78 is 82.1. The van der Waals surface area contributed by atoms with E-state index < -0.39 is 40.4 Å². The summed E-state index contributed by atoms with van der Waals surface area (Å²) in [7, 11) is 0. The number of benzene rings is 2. The summed E-state index contributed by atoms with van der Waals surface area (Å²) in [5.41, 5.74) is 8.62. The third-order valence-electron chi connectivity index (χ3n) is 4.19. The zero-order valence-corrected chi connectivity index (χ0v) is 15.4. The highest BCUT2D eigenvalue weighted by molar-refractivity contribution is 5.97. The molecule has 3 aromatic rings. The van der Waals surface area contributed by atoms with E-state index in [1.807, 2.05) is 0 Å². The van der Waals surface area contributed by atoms with Crippen LogP contribution in [0, 0.1) is 17.5 Å². The minimum absolute atomic E-state index is 0.00458. The van der Waals surface area contributed by atoms with Gasteiger partial charge in [-0.15, -0.1) is 0 Å². The lowest BCUT2D eigenvalue weighted by Gasteiger charge is -2.14. The Hall–Kier alpha value is -3.56. The number of aliphatic imine (C=N–C) groups is 1. The lowest BCUT2D eigenvalue weighted by Crippen LogP contribution is -2.22. The van der Waals surface area contributed by atoms with Gasteiger partial charge in [-0.3, -0.25) is 0 Å². The van der Waals surface area contributed by atoms with Crippen LogP contribution in [-0.4, -0.2) is 10.9 Å². The van der Waals surface area contributed by atoms with E-state index >= 15 is 0 Å². The molecule has 0 aliphatic heterocycles. The van der Waals surface area contributed by atoms with E-state index in [0.29, 0.717) is 23.8 Å². The van der Waals surface area contributed by atoms with Gasteiger partial charge in [0, 0.05) is 23.1 Å². The summed E-state index contributed by atoms with van der Waals surface area (Å²) >= 11 is 0. The molecule has 1 heterocycles. The first kappa shape index (κ1) is 21.2. The van der Waals surface area contributed by atoms with Gasteiger partial charge in [0.2, 0.25) is 0 Å². The molecule has 3 rings (SSSR count).